The number of methoxy groups -OCH3 is 1. The molecule has 0 spiro atoms. The molecule has 1 rings (SSSR count). The highest BCUT2D eigenvalue weighted by Gasteiger charge is 2.14. The van der Waals surface area contributed by atoms with Crippen LogP contribution in [0.5, 0.6) is 0 Å². The fourth-order valence-electron chi connectivity index (χ4n) is 1.00. The maximum absolute atomic E-state index is 10.4. The SMILES string of the molecule is COC1C=CC=C(C=O)N1C. The molecule has 1 heterocycles. The normalized spacial score (nSPS) is 23.3. The van der Waals surface area contributed by atoms with Crippen LogP contribution >= 0.6 is 0 Å². The van der Waals surface area contributed by atoms with Crippen molar-refractivity contribution in [2.45, 2.75) is 6.23 Å². The second-order valence-corrected chi connectivity index (χ2v) is 2.33. The van der Waals surface area contributed by atoms with Gasteiger partial charge in [-0.2, -0.15) is 0 Å². The lowest BCUT2D eigenvalue weighted by atomic mass is 10.2. The van der Waals surface area contributed by atoms with Gasteiger partial charge in [0.1, 0.15) is 6.23 Å². The minimum absolute atomic E-state index is 0.111. The maximum atomic E-state index is 10.4. The van der Waals surface area contributed by atoms with E-state index in [1.54, 1.807) is 18.1 Å². The maximum Gasteiger partial charge on any atom is 0.166 e. The summed E-state index contributed by atoms with van der Waals surface area (Å²) in [6, 6.07) is 0. The summed E-state index contributed by atoms with van der Waals surface area (Å²) in [5.41, 5.74) is 0.638. The van der Waals surface area contributed by atoms with Crippen molar-refractivity contribution in [2.24, 2.45) is 0 Å². The van der Waals surface area contributed by atoms with E-state index in [1.165, 1.54) is 0 Å². The fraction of sp³-hybridized carbons (Fsp3) is 0.375. The molecule has 3 heteroatoms. The van der Waals surface area contributed by atoms with E-state index in [0.29, 0.717) is 5.70 Å². The van der Waals surface area contributed by atoms with Crippen LogP contribution in [0.25, 0.3) is 0 Å². The molecule has 1 unspecified atom stereocenters. The summed E-state index contributed by atoms with van der Waals surface area (Å²) in [7, 11) is 3.43. The number of aldehydes is 1. The third-order valence-corrected chi connectivity index (χ3v) is 1.69. The molecule has 1 aliphatic rings. The number of rotatable bonds is 2. The average molecular weight is 153 g/mol. The molecule has 0 bridgehead atoms. The average Bonchev–Trinajstić information content (AvgIpc) is 2.05. The molecule has 0 amide bonds. The number of nitrogens with zero attached hydrogens (tertiary/aromatic N) is 1. The van der Waals surface area contributed by atoms with Gasteiger partial charge >= 0.3 is 0 Å². The van der Waals surface area contributed by atoms with E-state index < -0.39 is 0 Å². The summed E-state index contributed by atoms with van der Waals surface area (Å²) in [5.74, 6) is 0. The Balaban J connectivity index is 2.76. The van der Waals surface area contributed by atoms with Crippen LogP contribution in [0.15, 0.2) is 23.9 Å². The third-order valence-electron chi connectivity index (χ3n) is 1.69. The van der Waals surface area contributed by atoms with E-state index in [0.717, 1.165) is 6.29 Å². The molecule has 1 atom stereocenters. The van der Waals surface area contributed by atoms with Crippen molar-refractivity contribution in [3.8, 4) is 0 Å². The lowest BCUT2D eigenvalue weighted by Gasteiger charge is -2.27. The van der Waals surface area contributed by atoms with Crippen LogP contribution in [-0.4, -0.2) is 31.6 Å². The van der Waals surface area contributed by atoms with Gasteiger partial charge in [-0.1, -0.05) is 6.08 Å². The minimum Gasteiger partial charge on any atom is -0.358 e. The third kappa shape index (κ3) is 1.49. The van der Waals surface area contributed by atoms with Gasteiger partial charge in [0.15, 0.2) is 6.29 Å². The summed E-state index contributed by atoms with van der Waals surface area (Å²) >= 11 is 0. The van der Waals surface area contributed by atoms with E-state index in [4.69, 9.17) is 4.74 Å². The Kier molecular flexibility index (Phi) is 2.44. The van der Waals surface area contributed by atoms with Crippen molar-refractivity contribution in [3.63, 3.8) is 0 Å². The molecule has 60 valence electrons. The number of likely N-dealkylation sites (N-methyl/N-ethyl adjacent to an activating group) is 1. The van der Waals surface area contributed by atoms with Crippen LogP contribution in [0.2, 0.25) is 0 Å². The Bertz CT molecular complexity index is 208. The van der Waals surface area contributed by atoms with E-state index in [1.807, 2.05) is 19.2 Å². The van der Waals surface area contributed by atoms with E-state index >= 15 is 0 Å². The molecule has 0 radical (unpaired) electrons. The second kappa shape index (κ2) is 3.34. The Hall–Kier alpha value is -1.09. The Morgan fingerprint density at radius 3 is 3.00 bits per heavy atom. The minimum atomic E-state index is -0.111. The molecule has 0 saturated heterocycles. The molecule has 0 aromatic rings. The van der Waals surface area contributed by atoms with Gasteiger partial charge in [-0.15, -0.1) is 0 Å². The highest BCUT2D eigenvalue weighted by Crippen LogP contribution is 2.11. The summed E-state index contributed by atoms with van der Waals surface area (Å²) in [4.78, 5) is 12.2. The number of allylic oxidation sites excluding steroid dienone is 3. The zero-order valence-electron chi connectivity index (χ0n) is 6.65. The molecule has 0 saturated carbocycles. The molecule has 0 N–H and O–H groups in total. The van der Waals surface area contributed by atoms with Crippen molar-refractivity contribution >= 4 is 6.29 Å². The molecule has 1 aliphatic heterocycles. The van der Waals surface area contributed by atoms with Gasteiger partial charge in [0.25, 0.3) is 0 Å². The van der Waals surface area contributed by atoms with Gasteiger partial charge in [-0.05, 0) is 12.2 Å². The predicted octanol–water partition coefficient (Wildman–Crippen LogP) is 0.543. The predicted molar refractivity (Wildman–Crippen MR) is 41.8 cm³/mol. The topological polar surface area (TPSA) is 29.5 Å². The molecular weight excluding hydrogens is 142 g/mol. The van der Waals surface area contributed by atoms with Crippen LogP contribution in [0, 0.1) is 0 Å². The lowest BCUT2D eigenvalue weighted by molar-refractivity contribution is -0.107. The summed E-state index contributed by atoms with van der Waals surface area (Å²) in [6.45, 7) is 0. The zero-order valence-corrected chi connectivity index (χ0v) is 6.65. The molecule has 0 aromatic carbocycles. The first kappa shape index (κ1) is 8.01. The van der Waals surface area contributed by atoms with Gasteiger partial charge in [0.2, 0.25) is 0 Å². The first-order valence-corrected chi connectivity index (χ1v) is 3.39. The first-order valence-electron chi connectivity index (χ1n) is 3.39. The molecule has 11 heavy (non-hydrogen) atoms. The monoisotopic (exact) mass is 153 g/mol. The quantitative estimate of drug-likeness (QED) is 0.542. The number of ether oxygens (including phenoxy) is 1. The van der Waals surface area contributed by atoms with Crippen molar-refractivity contribution in [2.75, 3.05) is 14.2 Å². The van der Waals surface area contributed by atoms with Crippen LogP contribution in [0.4, 0.5) is 0 Å². The van der Waals surface area contributed by atoms with Crippen molar-refractivity contribution in [1.82, 2.24) is 4.90 Å². The number of carbonyl (C=O) groups excluding carboxylic acids is 1. The Morgan fingerprint density at radius 2 is 2.45 bits per heavy atom. The van der Waals surface area contributed by atoms with Gasteiger partial charge in [0, 0.05) is 14.2 Å². The van der Waals surface area contributed by atoms with Crippen molar-refractivity contribution < 1.29 is 9.53 Å². The first-order chi connectivity index (χ1) is 5.29. The van der Waals surface area contributed by atoms with Crippen LogP contribution in [-0.2, 0) is 9.53 Å². The summed E-state index contributed by atoms with van der Waals surface area (Å²) in [6.07, 6.45) is 6.16. The van der Waals surface area contributed by atoms with Gasteiger partial charge in [-0.25, -0.2) is 0 Å². The highest BCUT2D eigenvalue weighted by molar-refractivity contribution is 5.73. The smallest absolute Gasteiger partial charge is 0.166 e. The van der Waals surface area contributed by atoms with Crippen molar-refractivity contribution in [3.05, 3.63) is 23.9 Å². The van der Waals surface area contributed by atoms with Crippen LogP contribution in [0.3, 0.4) is 0 Å². The van der Waals surface area contributed by atoms with Gasteiger partial charge < -0.3 is 9.64 Å². The number of hydrogen-bond donors (Lipinski definition) is 0. The Morgan fingerprint density at radius 1 is 1.73 bits per heavy atom. The largest absolute Gasteiger partial charge is 0.358 e. The second-order valence-electron chi connectivity index (χ2n) is 2.33. The molecule has 0 fully saturated rings. The summed E-state index contributed by atoms with van der Waals surface area (Å²) in [5, 5.41) is 0. The zero-order chi connectivity index (χ0) is 8.27. The number of carbonyl (C=O) groups is 1. The molecule has 0 aliphatic carbocycles. The van der Waals surface area contributed by atoms with E-state index in [2.05, 4.69) is 0 Å². The molecule has 0 aromatic heterocycles. The molecule has 3 nitrogen and oxygen atoms in total. The highest BCUT2D eigenvalue weighted by atomic mass is 16.5. The van der Waals surface area contributed by atoms with Crippen LogP contribution < -0.4 is 0 Å². The summed E-state index contributed by atoms with van der Waals surface area (Å²) < 4.78 is 5.07. The van der Waals surface area contributed by atoms with Gasteiger partial charge in [0.05, 0.1) is 5.70 Å². The van der Waals surface area contributed by atoms with E-state index in [9.17, 15) is 4.79 Å². The lowest BCUT2D eigenvalue weighted by Crippen LogP contribution is -2.33. The van der Waals surface area contributed by atoms with Gasteiger partial charge in [-0.3, -0.25) is 4.79 Å². The van der Waals surface area contributed by atoms with E-state index in [-0.39, 0.29) is 6.23 Å². The van der Waals surface area contributed by atoms with Crippen molar-refractivity contribution in [1.29, 1.82) is 0 Å². The standard InChI is InChI=1S/C8H11NO2/c1-9-7(6-10)4-3-5-8(9)11-2/h3-6,8H,1-2H3. The molecular formula is C8H11NO2. The number of hydrogen-bond acceptors (Lipinski definition) is 3. The van der Waals surface area contributed by atoms with Crippen LogP contribution in [0.1, 0.15) is 0 Å². The Labute approximate surface area is 65.9 Å². The fourth-order valence-corrected chi connectivity index (χ4v) is 1.00.